The number of carbonyl (C=O) groups excluding carboxylic acids is 1. The second kappa shape index (κ2) is 15.3. The van der Waals surface area contributed by atoms with Crippen LogP contribution in [0.5, 0.6) is 0 Å². The van der Waals surface area contributed by atoms with Crippen molar-refractivity contribution in [3.05, 3.63) is 203 Å². The molecule has 0 fully saturated rings. The average molecular weight is 739 g/mol. The maximum atomic E-state index is 14.2. The number of hydrogen-bond donors (Lipinski definition) is 1. The number of nitrogens with zero attached hydrogens (tertiary/aromatic N) is 5. The zero-order valence-electron chi connectivity index (χ0n) is 32.2. The Labute approximate surface area is 329 Å². The lowest BCUT2D eigenvalue weighted by Gasteiger charge is -2.45. The number of fused-ring (bicyclic) bond motifs is 1. The first-order chi connectivity index (χ1) is 27.2. The van der Waals surface area contributed by atoms with Crippen molar-refractivity contribution in [2.75, 3.05) is 5.01 Å². The largest absolute Gasteiger partial charge is 0.442 e. The molecule has 0 saturated carbocycles. The SMILES string of the molecule is CC1C=Cc2ccccc2N1NCc1ccc(-c2ccccc2C2N(C(=O)OC(C)(C)C)N=NN2C(c2ccccc2)(c2ccccc2)c2ccccc2)cc1. The highest BCUT2D eigenvalue weighted by Gasteiger charge is 2.52. The van der Waals surface area contributed by atoms with E-state index in [-0.39, 0.29) is 6.04 Å². The summed E-state index contributed by atoms with van der Waals surface area (Å²) in [6, 6.07) is 56.4. The van der Waals surface area contributed by atoms with Gasteiger partial charge in [0.1, 0.15) is 11.1 Å². The van der Waals surface area contributed by atoms with E-state index in [9.17, 15) is 4.79 Å². The predicted molar refractivity (Wildman–Crippen MR) is 223 cm³/mol. The number of amides is 1. The van der Waals surface area contributed by atoms with Crippen LogP contribution in [0.15, 0.2) is 180 Å². The molecule has 2 aliphatic heterocycles. The number of ether oxygens (including phenoxy) is 1. The van der Waals surface area contributed by atoms with Crippen LogP contribution < -0.4 is 10.4 Å². The van der Waals surface area contributed by atoms with Gasteiger partial charge in [-0.05, 0) is 83.2 Å². The van der Waals surface area contributed by atoms with Gasteiger partial charge in [-0.15, -0.1) is 5.01 Å². The summed E-state index contributed by atoms with van der Waals surface area (Å²) in [6.45, 7) is 8.42. The third-order valence-corrected chi connectivity index (χ3v) is 10.3. The molecule has 2 unspecified atom stereocenters. The van der Waals surface area contributed by atoms with Gasteiger partial charge in [0.05, 0.1) is 11.7 Å². The lowest BCUT2D eigenvalue weighted by atomic mass is 9.75. The smallest absolute Gasteiger partial charge is 0.434 e. The molecule has 2 aliphatic rings. The average Bonchev–Trinajstić information content (AvgIpc) is 3.67. The summed E-state index contributed by atoms with van der Waals surface area (Å²) < 4.78 is 6.01. The van der Waals surface area contributed by atoms with Crippen LogP contribution in [0.25, 0.3) is 17.2 Å². The van der Waals surface area contributed by atoms with Crippen molar-refractivity contribution >= 4 is 17.9 Å². The quantitative estimate of drug-likeness (QED) is 0.150. The van der Waals surface area contributed by atoms with E-state index in [1.165, 1.54) is 10.6 Å². The molecule has 8 rings (SSSR count). The van der Waals surface area contributed by atoms with Crippen LogP contribution in [0.2, 0.25) is 0 Å². The maximum absolute atomic E-state index is 14.2. The Hall–Kier alpha value is -6.51. The summed E-state index contributed by atoms with van der Waals surface area (Å²) >= 11 is 0. The van der Waals surface area contributed by atoms with Crippen molar-refractivity contribution in [1.82, 2.24) is 15.4 Å². The molecule has 6 aromatic carbocycles. The summed E-state index contributed by atoms with van der Waals surface area (Å²) in [4.78, 5) is 14.2. The van der Waals surface area contributed by atoms with Gasteiger partial charge in [-0.1, -0.05) is 170 Å². The third-order valence-electron chi connectivity index (χ3n) is 10.3. The van der Waals surface area contributed by atoms with Gasteiger partial charge >= 0.3 is 6.09 Å². The number of nitrogens with one attached hydrogen (secondary N) is 1. The monoisotopic (exact) mass is 738 g/mol. The molecular weight excluding hydrogens is 693 g/mol. The van der Waals surface area contributed by atoms with Crippen molar-refractivity contribution in [2.45, 2.75) is 57.6 Å². The number of anilines is 1. The highest BCUT2D eigenvalue weighted by molar-refractivity contribution is 5.73. The van der Waals surface area contributed by atoms with E-state index in [1.807, 2.05) is 92.5 Å². The number of hydrogen-bond acceptors (Lipinski definition) is 7. The fraction of sp³-hybridized carbons (Fsp3) is 0.188. The molecule has 0 spiro atoms. The third kappa shape index (κ3) is 6.95. The minimum absolute atomic E-state index is 0.212. The van der Waals surface area contributed by atoms with E-state index in [4.69, 9.17) is 9.96 Å². The van der Waals surface area contributed by atoms with E-state index < -0.39 is 23.4 Å². The lowest BCUT2D eigenvalue weighted by Crippen LogP contribution is -2.49. The molecule has 8 nitrogen and oxygen atoms in total. The summed E-state index contributed by atoms with van der Waals surface area (Å²) in [7, 11) is 0. The van der Waals surface area contributed by atoms with Crippen molar-refractivity contribution in [3.8, 4) is 11.1 Å². The van der Waals surface area contributed by atoms with E-state index >= 15 is 0 Å². The number of rotatable bonds is 9. The van der Waals surface area contributed by atoms with E-state index in [1.54, 1.807) is 0 Å². The summed E-state index contributed by atoms with van der Waals surface area (Å²) in [5, 5.41) is 15.2. The van der Waals surface area contributed by atoms with Gasteiger partial charge < -0.3 is 9.75 Å². The second-order valence-corrected chi connectivity index (χ2v) is 15.2. The zero-order valence-corrected chi connectivity index (χ0v) is 32.2. The van der Waals surface area contributed by atoms with Crippen molar-refractivity contribution < 1.29 is 9.53 Å². The molecule has 0 bridgehead atoms. The van der Waals surface area contributed by atoms with Crippen LogP contribution in [0, 0.1) is 0 Å². The fourth-order valence-corrected chi connectivity index (χ4v) is 7.77. The molecule has 1 N–H and O–H groups in total. The van der Waals surface area contributed by atoms with Crippen LogP contribution in [-0.2, 0) is 16.8 Å². The topological polar surface area (TPSA) is 72.8 Å². The summed E-state index contributed by atoms with van der Waals surface area (Å²) in [6.07, 6.45) is 3.01. The molecule has 0 aliphatic carbocycles. The zero-order chi connectivity index (χ0) is 38.7. The molecule has 0 radical (unpaired) electrons. The van der Waals surface area contributed by atoms with Crippen LogP contribution in [0.3, 0.4) is 0 Å². The van der Waals surface area contributed by atoms with Gasteiger partial charge in [0.25, 0.3) is 0 Å². The Morgan fingerprint density at radius 2 is 1.23 bits per heavy atom. The van der Waals surface area contributed by atoms with Gasteiger partial charge in [-0.3, -0.25) is 0 Å². The highest BCUT2D eigenvalue weighted by Crippen LogP contribution is 2.51. The first-order valence-electron chi connectivity index (χ1n) is 19.1. The Bertz CT molecular complexity index is 2240. The Balaban J connectivity index is 1.22. The first-order valence-corrected chi connectivity index (χ1v) is 19.1. The first kappa shape index (κ1) is 36.5. The molecule has 56 heavy (non-hydrogen) atoms. The molecule has 0 aromatic heterocycles. The van der Waals surface area contributed by atoms with Crippen molar-refractivity contribution in [2.24, 2.45) is 10.4 Å². The highest BCUT2D eigenvalue weighted by atomic mass is 16.6. The molecule has 6 aromatic rings. The molecule has 2 heterocycles. The molecular formula is C48H46N6O2. The van der Waals surface area contributed by atoms with E-state index in [2.05, 4.69) is 132 Å². The Morgan fingerprint density at radius 1 is 0.679 bits per heavy atom. The van der Waals surface area contributed by atoms with Crippen molar-refractivity contribution in [1.29, 1.82) is 0 Å². The molecule has 280 valence electrons. The van der Waals surface area contributed by atoms with Crippen LogP contribution in [-0.4, -0.2) is 27.8 Å². The Kier molecular flexibility index (Phi) is 9.98. The lowest BCUT2D eigenvalue weighted by molar-refractivity contribution is -0.00517. The standard InChI is InChI=1S/C48H46N6O2/c1-35-28-31-38-18-14-17-27-44(38)52(35)49-34-36-29-32-37(33-30-36)42-25-15-16-26-43(42)45-53(46(55)56-47(2,3)4)50-51-54(45)48(39-19-8-5-9-20-39,40-21-10-6-11-22-40)41-23-12-7-13-24-41/h5-33,35,45,49H,34H2,1-4H3. The summed E-state index contributed by atoms with van der Waals surface area (Å²) in [5.41, 5.74) is 11.1. The summed E-state index contributed by atoms with van der Waals surface area (Å²) in [5.74, 6) is 0. The van der Waals surface area contributed by atoms with Gasteiger partial charge in [-0.25, -0.2) is 15.2 Å². The minimum atomic E-state index is -1.00. The van der Waals surface area contributed by atoms with E-state index in [0.717, 1.165) is 44.6 Å². The fourth-order valence-electron chi connectivity index (χ4n) is 7.77. The number of hydrazine groups is 1. The van der Waals surface area contributed by atoms with E-state index in [0.29, 0.717) is 6.54 Å². The van der Waals surface area contributed by atoms with Gasteiger partial charge in [-0.2, -0.15) is 0 Å². The van der Waals surface area contributed by atoms with Crippen LogP contribution in [0.4, 0.5) is 10.5 Å². The maximum Gasteiger partial charge on any atom is 0.434 e. The molecule has 1 amide bonds. The molecule has 0 saturated heterocycles. The number of para-hydroxylation sites is 1. The number of carbonyl (C=O) groups is 1. The second-order valence-electron chi connectivity index (χ2n) is 15.2. The van der Waals surface area contributed by atoms with Crippen molar-refractivity contribution in [3.63, 3.8) is 0 Å². The normalized spacial score (nSPS) is 16.5. The molecule has 8 heteroatoms. The Morgan fingerprint density at radius 3 is 1.84 bits per heavy atom. The van der Waals surface area contributed by atoms with Gasteiger partial charge in [0, 0.05) is 12.1 Å². The van der Waals surface area contributed by atoms with Crippen LogP contribution >= 0.6 is 0 Å². The van der Waals surface area contributed by atoms with Gasteiger partial charge in [0.15, 0.2) is 6.17 Å². The number of benzene rings is 6. The predicted octanol–water partition coefficient (Wildman–Crippen LogP) is 11.1. The van der Waals surface area contributed by atoms with Gasteiger partial charge in [0.2, 0.25) is 0 Å². The van der Waals surface area contributed by atoms with Crippen LogP contribution in [0.1, 0.15) is 67.2 Å². The minimum Gasteiger partial charge on any atom is -0.442 e. The molecule has 2 atom stereocenters.